The largest absolute Gasteiger partial charge is 0.371 e. The van der Waals surface area contributed by atoms with Crippen LogP contribution in [0.1, 0.15) is 65.7 Å². The molecule has 1 aromatic rings. The van der Waals surface area contributed by atoms with E-state index in [0.29, 0.717) is 16.5 Å². The second kappa shape index (κ2) is 9.27. The Bertz CT molecular complexity index is 1080. The SMILES string of the molecule is O=C1CCC(N2C(=O)c3ccc(N4CCC5(CCN(CC6CCNC6)CC5)CC4)cc3C2=O)C(=O)N1. The fourth-order valence-corrected chi connectivity index (χ4v) is 6.84. The average Bonchev–Trinajstić information content (AvgIpc) is 3.48. The topological polar surface area (TPSA) is 102 Å². The van der Waals surface area contributed by atoms with Gasteiger partial charge in [0.1, 0.15) is 6.04 Å². The van der Waals surface area contributed by atoms with E-state index in [2.05, 4.69) is 20.4 Å². The highest BCUT2D eigenvalue weighted by atomic mass is 16.2. The van der Waals surface area contributed by atoms with Crippen molar-refractivity contribution < 1.29 is 19.2 Å². The first-order valence-electron chi connectivity index (χ1n) is 13.5. The van der Waals surface area contributed by atoms with E-state index in [4.69, 9.17) is 0 Å². The van der Waals surface area contributed by atoms with Crippen molar-refractivity contribution in [2.24, 2.45) is 11.3 Å². The zero-order chi connectivity index (χ0) is 24.9. The molecule has 6 rings (SSSR count). The Morgan fingerprint density at radius 3 is 2.31 bits per heavy atom. The molecule has 5 aliphatic rings. The average molecular weight is 494 g/mol. The van der Waals surface area contributed by atoms with Crippen molar-refractivity contribution in [3.05, 3.63) is 29.3 Å². The molecule has 1 spiro atoms. The summed E-state index contributed by atoms with van der Waals surface area (Å²) in [6.45, 7) is 7.85. The fraction of sp³-hybridized carbons (Fsp3) is 0.630. The van der Waals surface area contributed by atoms with Gasteiger partial charge in [0, 0.05) is 31.7 Å². The Labute approximate surface area is 211 Å². The van der Waals surface area contributed by atoms with Gasteiger partial charge in [-0.2, -0.15) is 0 Å². The quantitative estimate of drug-likeness (QED) is 0.611. The number of amides is 4. The van der Waals surface area contributed by atoms with Crippen molar-refractivity contribution >= 4 is 29.3 Å². The molecule has 9 nitrogen and oxygen atoms in total. The molecule has 0 aromatic heterocycles. The van der Waals surface area contributed by atoms with Crippen LogP contribution in [0.5, 0.6) is 0 Å². The van der Waals surface area contributed by atoms with E-state index in [1.54, 1.807) is 6.07 Å². The van der Waals surface area contributed by atoms with E-state index < -0.39 is 23.8 Å². The summed E-state index contributed by atoms with van der Waals surface area (Å²) in [6.07, 6.45) is 6.43. The van der Waals surface area contributed by atoms with Gasteiger partial charge in [-0.05, 0) is 94.2 Å². The highest BCUT2D eigenvalue weighted by molar-refractivity contribution is 6.23. The molecular formula is C27H35N5O4. The van der Waals surface area contributed by atoms with Gasteiger partial charge < -0.3 is 15.1 Å². The van der Waals surface area contributed by atoms with Crippen LogP contribution < -0.4 is 15.5 Å². The molecule has 0 aliphatic carbocycles. The van der Waals surface area contributed by atoms with E-state index >= 15 is 0 Å². The molecule has 2 N–H and O–H groups in total. The summed E-state index contributed by atoms with van der Waals surface area (Å²) in [5, 5.41) is 5.73. The van der Waals surface area contributed by atoms with Crippen molar-refractivity contribution in [3.63, 3.8) is 0 Å². The first kappa shape index (κ1) is 23.6. The van der Waals surface area contributed by atoms with Crippen LogP contribution in [0.25, 0.3) is 0 Å². The summed E-state index contributed by atoms with van der Waals surface area (Å²) in [6, 6.07) is 4.54. The van der Waals surface area contributed by atoms with Crippen LogP contribution in [0.4, 0.5) is 5.69 Å². The molecule has 1 aromatic carbocycles. The number of benzene rings is 1. The van der Waals surface area contributed by atoms with Crippen LogP contribution in [0.3, 0.4) is 0 Å². The van der Waals surface area contributed by atoms with E-state index in [1.165, 1.54) is 38.9 Å². The smallest absolute Gasteiger partial charge is 0.262 e. The minimum atomic E-state index is -0.927. The fourth-order valence-electron chi connectivity index (χ4n) is 6.84. The number of imide groups is 2. The molecule has 4 amide bonds. The molecule has 4 saturated heterocycles. The Kier molecular flexibility index (Phi) is 6.08. The number of nitrogens with zero attached hydrogens (tertiary/aromatic N) is 3. The summed E-state index contributed by atoms with van der Waals surface area (Å²) in [5.74, 6) is -1.03. The predicted octanol–water partition coefficient (Wildman–Crippen LogP) is 1.38. The van der Waals surface area contributed by atoms with Gasteiger partial charge in [0.05, 0.1) is 11.1 Å². The van der Waals surface area contributed by atoms with E-state index in [0.717, 1.165) is 55.5 Å². The third kappa shape index (κ3) is 4.22. The molecule has 192 valence electrons. The van der Waals surface area contributed by atoms with Gasteiger partial charge >= 0.3 is 0 Å². The summed E-state index contributed by atoms with van der Waals surface area (Å²) in [4.78, 5) is 56.0. The normalized spacial score (nSPS) is 28.7. The third-order valence-corrected chi connectivity index (χ3v) is 9.21. The molecule has 9 heteroatoms. The lowest BCUT2D eigenvalue weighted by molar-refractivity contribution is -0.136. The van der Waals surface area contributed by atoms with Crippen LogP contribution >= 0.6 is 0 Å². The van der Waals surface area contributed by atoms with Crippen molar-refractivity contribution in [1.82, 2.24) is 20.4 Å². The molecule has 4 fully saturated rings. The van der Waals surface area contributed by atoms with Crippen molar-refractivity contribution in [1.29, 1.82) is 0 Å². The Balaban J connectivity index is 1.08. The number of hydrogen-bond acceptors (Lipinski definition) is 7. The van der Waals surface area contributed by atoms with Gasteiger partial charge in [0.15, 0.2) is 0 Å². The molecule has 0 saturated carbocycles. The maximum absolute atomic E-state index is 13.2. The third-order valence-electron chi connectivity index (χ3n) is 9.21. The lowest BCUT2D eigenvalue weighted by Crippen LogP contribution is -2.54. The molecule has 2 unspecified atom stereocenters. The maximum Gasteiger partial charge on any atom is 0.262 e. The first-order chi connectivity index (χ1) is 17.4. The number of carbonyl (C=O) groups is 4. The van der Waals surface area contributed by atoms with E-state index in [1.807, 2.05) is 12.1 Å². The monoisotopic (exact) mass is 493 g/mol. The number of piperidine rings is 3. The minimum Gasteiger partial charge on any atom is -0.371 e. The Hall–Kier alpha value is -2.78. The van der Waals surface area contributed by atoms with E-state index in [9.17, 15) is 19.2 Å². The van der Waals surface area contributed by atoms with Crippen LogP contribution in [-0.2, 0) is 9.59 Å². The molecular weight excluding hydrogens is 458 g/mol. The Morgan fingerprint density at radius 2 is 1.61 bits per heavy atom. The van der Waals surface area contributed by atoms with Gasteiger partial charge in [0.2, 0.25) is 11.8 Å². The second-order valence-corrected chi connectivity index (χ2v) is 11.3. The van der Waals surface area contributed by atoms with E-state index in [-0.39, 0.29) is 18.7 Å². The molecule has 5 aliphatic heterocycles. The summed E-state index contributed by atoms with van der Waals surface area (Å²) in [5.41, 5.74) is 2.08. The molecule has 2 atom stereocenters. The van der Waals surface area contributed by atoms with Gasteiger partial charge in [-0.3, -0.25) is 29.4 Å². The van der Waals surface area contributed by atoms with Gasteiger partial charge in [-0.1, -0.05) is 0 Å². The lowest BCUT2D eigenvalue weighted by Gasteiger charge is -2.47. The standard InChI is InChI=1S/C27H35N5O4/c33-23-4-3-22(24(34)29-23)32-25(35)20-2-1-19(15-21(20)26(32)36)31-13-8-27(9-14-31)6-11-30(12-7-27)17-18-5-10-28-16-18/h1-2,15,18,22,28H,3-14,16-17H2,(H,29,33,34). The number of nitrogens with one attached hydrogen (secondary N) is 2. The number of anilines is 1. The zero-order valence-corrected chi connectivity index (χ0v) is 20.8. The van der Waals surface area contributed by atoms with Crippen molar-refractivity contribution in [3.8, 4) is 0 Å². The Morgan fingerprint density at radius 1 is 0.889 bits per heavy atom. The zero-order valence-electron chi connectivity index (χ0n) is 20.8. The highest BCUT2D eigenvalue weighted by Crippen LogP contribution is 2.43. The maximum atomic E-state index is 13.2. The first-order valence-corrected chi connectivity index (χ1v) is 13.5. The van der Waals surface area contributed by atoms with Gasteiger partial charge in [0.25, 0.3) is 11.8 Å². The molecule has 36 heavy (non-hydrogen) atoms. The van der Waals surface area contributed by atoms with Crippen molar-refractivity contribution in [2.45, 2.75) is 51.0 Å². The number of carbonyl (C=O) groups excluding carboxylic acids is 4. The summed E-state index contributed by atoms with van der Waals surface area (Å²) >= 11 is 0. The molecule has 0 bridgehead atoms. The highest BCUT2D eigenvalue weighted by Gasteiger charge is 2.45. The number of rotatable bonds is 4. The van der Waals surface area contributed by atoms with Crippen LogP contribution in [0, 0.1) is 11.3 Å². The van der Waals surface area contributed by atoms with Crippen LogP contribution in [0.2, 0.25) is 0 Å². The lowest BCUT2D eigenvalue weighted by atomic mass is 9.71. The van der Waals surface area contributed by atoms with Crippen LogP contribution in [0.15, 0.2) is 18.2 Å². The number of likely N-dealkylation sites (tertiary alicyclic amines) is 1. The summed E-state index contributed by atoms with van der Waals surface area (Å²) in [7, 11) is 0. The molecule has 0 radical (unpaired) electrons. The number of fused-ring (bicyclic) bond motifs is 1. The van der Waals surface area contributed by atoms with Gasteiger partial charge in [-0.15, -0.1) is 0 Å². The second-order valence-electron chi connectivity index (χ2n) is 11.3. The van der Waals surface area contributed by atoms with Crippen molar-refractivity contribution in [2.75, 3.05) is 50.7 Å². The number of hydrogen-bond donors (Lipinski definition) is 2. The molecule has 5 heterocycles. The summed E-state index contributed by atoms with van der Waals surface area (Å²) < 4.78 is 0. The van der Waals surface area contributed by atoms with Gasteiger partial charge in [-0.25, -0.2) is 0 Å². The predicted molar refractivity (Wildman–Crippen MR) is 134 cm³/mol. The minimum absolute atomic E-state index is 0.125. The van der Waals surface area contributed by atoms with Crippen LogP contribution in [-0.4, -0.2) is 85.3 Å².